The van der Waals surface area contributed by atoms with E-state index in [1.54, 1.807) is 25.3 Å². The highest BCUT2D eigenvalue weighted by Crippen LogP contribution is 2.28. The molecule has 0 amide bonds. The third kappa shape index (κ3) is 4.49. The van der Waals surface area contributed by atoms with E-state index in [2.05, 4.69) is 16.3 Å². The molecule has 1 aromatic heterocycles. The SMILES string of the molecule is COc1ccc(C(=O)CSc2nnc(-c3cc(C)cc(C)c3)o2)c(OC)c1. The van der Waals surface area contributed by atoms with Crippen LogP contribution < -0.4 is 9.47 Å². The minimum absolute atomic E-state index is 0.0920. The lowest BCUT2D eigenvalue weighted by atomic mass is 10.1. The molecule has 0 N–H and O–H groups in total. The molecule has 0 aliphatic carbocycles. The predicted molar refractivity (Wildman–Crippen MR) is 104 cm³/mol. The number of aromatic nitrogens is 2. The Morgan fingerprint density at radius 3 is 2.44 bits per heavy atom. The van der Waals surface area contributed by atoms with Crippen LogP contribution >= 0.6 is 11.8 Å². The predicted octanol–water partition coefficient (Wildman–Crippen LogP) is 4.35. The quantitative estimate of drug-likeness (QED) is 0.443. The van der Waals surface area contributed by atoms with E-state index in [0.29, 0.717) is 28.2 Å². The largest absolute Gasteiger partial charge is 0.497 e. The van der Waals surface area contributed by atoms with Crippen molar-refractivity contribution in [3.63, 3.8) is 0 Å². The summed E-state index contributed by atoms with van der Waals surface area (Å²) in [5.41, 5.74) is 3.60. The lowest BCUT2D eigenvalue weighted by Crippen LogP contribution is -2.05. The van der Waals surface area contributed by atoms with E-state index in [1.165, 1.54) is 18.9 Å². The van der Waals surface area contributed by atoms with Crippen molar-refractivity contribution < 1.29 is 18.7 Å². The van der Waals surface area contributed by atoms with Gasteiger partial charge in [0.25, 0.3) is 5.22 Å². The van der Waals surface area contributed by atoms with Crippen LogP contribution in [-0.4, -0.2) is 36.0 Å². The number of ketones is 1. The molecule has 6 nitrogen and oxygen atoms in total. The smallest absolute Gasteiger partial charge is 0.277 e. The summed E-state index contributed by atoms with van der Waals surface area (Å²) in [5, 5.41) is 8.47. The Morgan fingerprint density at radius 2 is 1.78 bits per heavy atom. The number of rotatable bonds is 7. The number of thioether (sulfide) groups is 1. The molecule has 1 heterocycles. The third-order valence-electron chi connectivity index (χ3n) is 3.91. The Balaban J connectivity index is 1.71. The maximum atomic E-state index is 12.5. The van der Waals surface area contributed by atoms with Gasteiger partial charge in [0.1, 0.15) is 11.5 Å². The molecule has 2 aromatic carbocycles. The van der Waals surface area contributed by atoms with Gasteiger partial charge in [-0.1, -0.05) is 29.0 Å². The maximum absolute atomic E-state index is 12.5. The minimum atomic E-state index is -0.0920. The van der Waals surface area contributed by atoms with Gasteiger partial charge in [-0.3, -0.25) is 4.79 Å². The van der Waals surface area contributed by atoms with Gasteiger partial charge in [-0.15, -0.1) is 10.2 Å². The Bertz CT molecular complexity index is 948. The lowest BCUT2D eigenvalue weighted by molar-refractivity contribution is 0.101. The van der Waals surface area contributed by atoms with E-state index >= 15 is 0 Å². The molecule has 0 aliphatic rings. The van der Waals surface area contributed by atoms with Crippen LogP contribution in [0.2, 0.25) is 0 Å². The first-order chi connectivity index (χ1) is 13.0. The van der Waals surface area contributed by atoms with Gasteiger partial charge in [-0.05, 0) is 38.1 Å². The molecule has 0 atom stereocenters. The molecule has 3 aromatic rings. The summed E-state index contributed by atoms with van der Waals surface area (Å²) in [4.78, 5) is 12.5. The first-order valence-electron chi connectivity index (χ1n) is 8.30. The van der Waals surface area contributed by atoms with E-state index in [4.69, 9.17) is 13.9 Å². The fourth-order valence-electron chi connectivity index (χ4n) is 2.72. The molecule has 0 spiro atoms. The van der Waals surface area contributed by atoms with Crippen LogP contribution in [0.3, 0.4) is 0 Å². The summed E-state index contributed by atoms with van der Waals surface area (Å²) in [6, 6.07) is 11.2. The Kier molecular flexibility index (Phi) is 5.81. The van der Waals surface area contributed by atoms with Crippen molar-refractivity contribution in [3.8, 4) is 23.0 Å². The summed E-state index contributed by atoms with van der Waals surface area (Å²) < 4.78 is 16.1. The van der Waals surface area contributed by atoms with Crippen LogP contribution in [0.1, 0.15) is 21.5 Å². The number of nitrogens with zero attached hydrogens (tertiary/aromatic N) is 2. The average molecular weight is 384 g/mol. The molecule has 0 bridgehead atoms. The minimum Gasteiger partial charge on any atom is -0.497 e. The van der Waals surface area contributed by atoms with E-state index in [0.717, 1.165) is 16.7 Å². The Labute approximate surface area is 161 Å². The fraction of sp³-hybridized carbons (Fsp3) is 0.250. The highest BCUT2D eigenvalue weighted by Gasteiger charge is 2.16. The molecular weight excluding hydrogens is 364 g/mol. The van der Waals surface area contributed by atoms with Crippen LogP contribution in [0.25, 0.3) is 11.5 Å². The zero-order chi connectivity index (χ0) is 19.4. The molecule has 0 aliphatic heterocycles. The third-order valence-corrected chi connectivity index (χ3v) is 4.73. The van der Waals surface area contributed by atoms with Gasteiger partial charge >= 0.3 is 0 Å². The van der Waals surface area contributed by atoms with Crippen molar-refractivity contribution in [2.75, 3.05) is 20.0 Å². The van der Waals surface area contributed by atoms with Crippen molar-refractivity contribution in [2.24, 2.45) is 0 Å². The van der Waals surface area contributed by atoms with Crippen LogP contribution in [0.15, 0.2) is 46.0 Å². The number of Topliss-reactive ketones (excluding diaryl/α,β-unsaturated/α-hetero) is 1. The molecule has 0 fully saturated rings. The van der Waals surface area contributed by atoms with Crippen LogP contribution in [-0.2, 0) is 0 Å². The Hall–Kier alpha value is -2.80. The molecule has 0 saturated heterocycles. The van der Waals surface area contributed by atoms with Crippen molar-refractivity contribution in [3.05, 3.63) is 53.1 Å². The van der Waals surface area contributed by atoms with Gasteiger partial charge < -0.3 is 13.9 Å². The van der Waals surface area contributed by atoms with E-state index < -0.39 is 0 Å². The maximum Gasteiger partial charge on any atom is 0.277 e. The summed E-state index contributed by atoms with van der Waals surface area (Å²) in [7, 11) is 3.09. The monoisotopic (exact) mass is 384 g/mol. The summed E-state index contributed by atoms with van der Waals surface area (Å²) in [5.74, 6) is 1.62. The summed E-state index contributed by atoms with van der Waals surface area (Å²) in [6.45, 7) is 4.03. The second-order valence-corrected chi connectivity index (χ2v) is 6.95. The van der Waals surface area contributed by atoms with Gasteiger partial charge in [0.2, 0.25) is 5.89 Å². The molecule has 27 heavy (non-hydrogen) atoms. The van der Waals surface area contributed by atoms with Crippen molar-refractivity contribution in [1.82, 2.24) is 10.2 Å². The highest BCUT2D eigenvalue weighted by atomic mass is 32.2. The lowest BCUT2D eigenvalue weighted by Gasteiger charge is -2.08. The second-order valence-electron chi connectivity index (χ2n) is 6.03. The number of methoxy groups -OCH3 is 2. The molecule has 0 saturated carbocycles. The second kappa shape index (κ2) is 8.26. The average Bonchev–Trinajstić information content (AvgIpc) is 3.14. The van der Waals surface area contributed by atoms with Crippen molar-refractivity contribution in [2.45, 2.75) is 19.1 Å². The topological polar surface area (TPSA) is 74.5 Å². The number of hydrogen-bond acceptors (Lipinski definition) is 7. The van der Waals surface area contributed by atoms with Gasteiger partial charge in [0, 0.05) is 11.6 Å². The normalized spacial score (nSPS) is 10.7. The van der Waals surface area contributed by atoms with Gasteiger partial charge in [-0.25, -0.2) is 0 Å². The molecule has 140 valence electrons. The Morgan fingerprint density at radius 1 is 1.04 bits per heavy atom. The standard InChI is InChI=1S/C20H20N2O4S/c1-12-7-13(2)9-14(8-12)19-21-22-20(26-19)27-11-17(23)16-6-5-15(24-3)10-18(16)25-4/h5-10H,11H2,1-4H3. The van der Waals surface area contributed by atoms with E-state index in [1.807, 2.05) is 26.0 Å². The zero-order valence-electron chi connectivity index (χ0n) is 15.6. The fourth-order valence-corrected chi connectivity index (χ4v) is 3.36. The first-order valence-corrected chi connectivity index (χ1v) is 9.29. The molecule has 7 heteroatoms. The molecule has 3 rings (SSSR count). The van der Waals surface area contributed by atoms with Gasteiger partial charge in [-0.2, -0.15) is 0 Å². The van der Waals surface area contributed by atoms with Crippen LogP contribution in [0.5, 0.6) is 11.5 Å². The van der Waals surface area contributed by atoms with Crippen LogP contribution in [0, 0.1) is 13.8 Å². The molecular formula is C20H20N2O4S. The number of carbonyl (C=O) groups is 1. The number of benzene rings is 2. The summed E-state index contributed by atoms with van der Waals surface area (Å²) in [6.07, 6.45) is 0. The number of hydrogen-bond donors (Lipinski definition) is 0. The zero-order valence-corrected chi connectivity index (χ0v) is 16.4. The van der Waals surface area contributed by atoms with Gasteiger partial charge in [0.05, 0.1) is 25.5 Å². The molecule has 0 unspecified atom stereocenters. The number of ether oxygens (including phenoxy) is 2. The highest BCUT2D eigenvalue weighted by molar-refractivity contribution is 7.99. The molecule has 0 radical (unpaired) electrons. The van der Waals surface area contributed by atoms with E-state index in [9.17, 15) is 4.79 Å². The first kappa shape index (κ1) is 19.0. The van der Waals surface area contributed by atoms with Gasteiger partial charge in [0.15, 0.2) is 5.78 Å². The number of aryl methyl sites for hydroxylation is 2. The van der Waals surface area contributed by atoms with E-state index in [-0.39, 0.29) is 11.5 Å². The van der Waals surface area contributed by atoms with Crippen molar-refractivity contribution in [1.29, 1.82) is 0 Å². The number of carbonyl (C=O) groups excluding carboxylic acids is 1. The summed E-state index contributed by atoms with van der Waals surface area (Å²) >= 11 is 1.20. The van der Waals surface area contributed by atoms with Crippen molar-refractivity contribution >= 4 is 17.5 Å². The van der Waals surface area contributed by atoms with Crippen LogP contribution in [0.4, 0.5) is 0 Å².